The van der Waals surface area contributed by atoms with Crippen molar-refractivity contribution in [3.63, 3.8) is 0 Å². The fourth-order valence-electron chi connectivity index (χ4n) is 2.35. The number of hydrogen-bond donors (Lipinski definition) is 2. The lowest BCUT2D eigenvalue weighted by molar-refractivity contribution is -0.117. The molecular weight excluding hydrogens is 240 g/mol. The van der Waals surface area contributed by atoms with Gasteiger partial charge < -0.3 is 10.6 Å². The van der Waals surface area contributed by atoms with E-state index in [1.54, 1.807) is 24.3 Å². The van der Waals surface area contributed by atoms with Gasteiger partial charge in [-0.25, -0.2) is 0 Å². The van der Waals surface area contributed by atoms with Crippen molar-refractivity contribution in [2.24, 2.45) is 5.92 Å². The van der Waals surface area contributed by atoms with Gasteiger partial charge in [0.2, 0.25) is 5.91 Å². The van der Waals surface area contributed by atoms with Gasteiger partial charge in [0.25, 0.3) is 0 Å². The number of benzene rings is 1. The van der Waals surface area contributed by atoms with E-state index in [0.29, 0.717) is 17.9 Å². The van der Waals surface area contributed by atoms with Gasteiger partial charge in [0.15, 0.2) is 5.78 Å². The van der Waals surface area contributed by atoms with Gasteiger partial charge in [-0.1, -0.05) is 0 Å². The molecule has 1 heterocycles. The predicted molar refractivity (Wildman–Crippen MR) is 75.3 cm³/mol. The highest BCUT2D eigenvalue weighted by Gasteiger charge is 2.16. The number of nitrogens with one attached hydrogen (secondary N) is 2. The Morgan fingerprint density at radius 3 is 2.42 bits per heavy atom. The molecule has 0 spiro atoms. The minimum Gasteiger partial charge on any atom is -0.326 e. The third kappa shape index (κ3) is 4.17. The van der Waals surface area contributed by atoms with Crippen LogP contribution in [0.2, 0.25) is 0 Å². The Labute approximate surface area is 113 Å². The lowest BCUT2D eigenvalue weighted by Gasteiger charge is -2.21. The summed E-state index contributed by atoms with van der Waals surface area (Å²) in [6, 6.07) is 7.03. The molecule has 0 atom stereocenters. The first kappa shape index (κ1) is 13.7. The molecule has 19 heavy (non-hydrogen) atoms. The molecule has 0 unspecified atom stereocenters. The molecule has 1 fully saturated rings. The second-order valence-corrected chi connectivity index (χ2v) is 5.08. The maximum absolute atomic E-state index is 11.9. The molecule has 1 aromatic carbocycles. The zero-order chi connectivity index (χ0) is 13.7. The van der Waals surface area contributed by atoms with Crippen LogP contribution in [0.3, 0.4) is 0 Å². The number of hydrogen-bond acceptors (Lipinski definition) is 3. The van der Waals surface area contributed by atoms with Crippen molar-refractivity contribution in [1.29, 1.82) is 0 Å². The second-order valence-electron chi connectivity index (χ2n) is 5.08. The number of carbonyl (C=O) groups is 2. The fourth-order valence-corrected chi connectivity index (χ4v) is 2.35. The maximum Gasteiger partial charge on any atom is 0.224 e. The largest absolute Gasteiger partial charge is 0.326 e. The molecule has 1 saturated heterocycles. The third-order valence-corrected chi connectivity index (χ3v) is 3.51. The van der Waals surface area contributed by atoms with Gasteiger partial charge in [-0.3, -0.25) is 9.59 Å². The Morgan fingerprint density at radius 1 is 1.21 bits per heavy atom. The van der Waals surface area contributed by atoms with Crippen LogP contribution in [0.1, 0.15) is 36.5 Å². The third-order valence-electron chi connectivity index (χ3n) is 3.51. The average Bonchev–Trinajstić information content (AvgIpc) is 2.40. The molecule has 4 heteroatoms. The summed E-state index contributed by atoms with van der Waals surface area (Å²) in [5.41, 5.74) is 1.42. The van der Waals surface area contributed by atoms with E-state index in [-0.39, 0.29) is 11.7 Å². The predicted octanol–water partition coefficient (Wildman–Crippen LogP) is 2.22. The van der Waals surface area contributed by atoms with Crippen molar-refractivity contribution in [3.05, 3.63) is 29.8 Å². The highest BCUT2D eigenvalue weighted by atomic mass is 16.1. The molecular formula is C15H20N2O2. The molecule has 0 bridgehead atoms. The van der Waals surface area contributed by atoms with Crippen LogP contribution in [0.15, 0.2) is 24.3 Å². The topological polar surface area (TPSA) is 58.2 Å². The van der Waals surface area contributed by atoms with E-state index in [2.05, 4.69) is 10.6 Å². The average molecular weight is 260 g/mol. The lowest BCUT2D eigenvalue weighted by Crippen LogP contribution is -2.30. The Kier molecular flexibility index (Phi) is 4.68. The molecule has 1 aromatic rings. The monoisotopic (exact) mass is 260 g/mol. The first-order valence-electron chi connectivity index (χ1n) is 6.77. The number of rotatable bonds is 4. The van der Waals surface area contributed by atoms with E-state index in [1.807, 2.05) is 0 Å². The van der Waals surface area contributed by atoms with Crippen LogP contribution >= 0.6 is 0 Å². The Morgan fingerprint density at radius 2 is 1.84 bits per heavy atom. The highest BCUT2D eigenvalue weighted by Crippen LogP contribution is 2.17. The number of piperidine rings is 1. The lowest BCUT2D eigenvalue weighted by atomic mass is 9.94. The zero-order valence-electron chi connectivity index (χ0n) is 11.2. The Balaban J connectivity index is 1.85. The first-order valence-corrected chi connectivity index (χ1v) is 6.77. The summed E-state index contributed by atoms with van der Waals surface area (Å²) in [5.74, 6) is 0.577. The van der Waals surface area contributed by atoms with Crippen molar-refractivity contribution in [2.45, 2.75) is 26.2 Å². The van der Waals surface area contributed by atoms with Gasteiger partial charge in [0, 0.05) is 17.7 Å². The van der Waals surface area contributed by atoms with Crippen molar-refractivity contribution >= 4 is 17.4 Å². The molecule has 4 nitrogen and oxygen atoms in total. The molecule has 1 amide bonds. The van der Waals surface area contributed by atoms with Gasteiger partial charge in [0.05, 0.1) is 0 Å². The molecule has 102 valence electrons. The summed E-state index contributed by atoms with van der Waals surface area (Å²) < 4.78 is 0. The van der Waals surface area contributed by atoms with Crippen LogP contribution in [0.4, 0.5) is 5.69 Å². The maximum atomic E-state index is 11.9. The number of Topliss-reactive ketones (excluding diaryl/α,β-unsaturated/α-hetero) is 1. The van der Waals surface area contributed by atoms with Crippen molar-refractivity contribution in [2.75, 3.05) is 18.4 Å². The molecule has 0 aliphatic carbocycles. The van der Waals surface area contributed by atoms with Crippen molar-refractivity contribution < 1.29 is 9.59 Å². The molecule has 2 N–H and O–H groups in total. The Bertz CT molecular complexity index is 448. The normalized spacial score (nSPS) is 16.1. The highest BCUT2D eigenvalue weighted by molar-refractivity contribution is 5.95. The van der Waals surface area contributed by atoms with Crippen molar-refractivity contribution in [3.8, 4) is 0 Å². The van der Waals surface area contributed by atoms with Crippen LogP contribution in [0.5, 0.6) is 0 Å². The molecule has 1 aliphatic heterocycles. The molecule has 0 saturated carbocycles. The minimum absolute atomic E-state index is 0.0348. The van der Waals surface area contributed by atoms with Crippen LogP contribution in [-0.4, -0.2) is 24.8 Å². The van der Waals surface area contributed by atoms with Crippen LogP contribution < -0.4 is 10.6 Å². The summed E-state index contributed by atoms with van der Waals surface area (Å²) in [6.07, 6.45) is 2.71. The molecule has 1 aliphatic rings. The summed E-state index contributed by atoms with van der Waals surface area (Å²) in [6.45, 7) is 3.54. The second kappa shape index (κ2) is 6.48. The van der Waals surface area contributed by atoms with Crippen LogP contribution in [0.25, 0.3) is 0 Å². The zero-order valence-corrected chi connectivity index (χ0v) is 11.2. The van der Waals surface area contributed by atoms with Gasteiger partial charge in [0.1, 0.15) is 0 Å². The number of amides is 1. The molecule has 2 rings (SSSR count). The summed E-state index contributed by atoms with van der Waals surface area (Å²) in [4.78, 5) is 23.0. The summed E-state index contributed by atoms with van der Waals surface area (Å²) in [5, 5.41) is 6.18. The smallest absolute Gasteiger partial charge is 0.224 e. The first-order chi connectivity index (χ1) is 9.15. The standard InChI is InChI=1S/C15H20N2O2/c1-11(18)13-2-4-14(5-3-13)17-15(19)10-12-6-8-16-9-7-12/h2-5,12,16H,6-10H2,1H3,(H,17,19). The minimum atomic E-state index is 0.0348. The van der Waals surface area contributed by atoms with E-state index < -0.39 is 0 Å². The van der Waals surface area contributed by atoms with Crippen molar-refractivity contribution in [1.82, 2.24) is 5.32 Å². The molecule has 0 radical (unpaired) electrons. The van der Waals surface area contributed by atoms with Gasteiger partial charge in [-0.2, -0.15) is 0 Å². The van der Waals surface area contributed by atoms with Gasteiger partial charge >= 0.3 is 0 Å². The van der Waals surface area contributed by atoms with Crippen LogP contribution in [0, 0.1) is 5.92 Å². The van der Waals surface area contributed by atoms with E-state index in [0.717, 1.165) is 31.6 Å². The number of carbonyl (C=O) groups excluding carboxylic acids is 2. The SMILES string of the molecule is CC(=O)c1ccc(NC(=O)CC2CCNCC2)cc1. The quantitative estimate of drug-likeness (QED) is 0.816. The Hall–Kier alpha value is -1.68. The van der Waals surface area contributed by atoms with E-state index in [9.17, 15) is 9.59 Å². The van der Waals surface area contributed by atoms with E-state index in [4.69, 9.17) is 0 Å². The van der Waals surface area contributed by atoms with E-state index in [1.165, 1.54) is 6.92 Å². The van der Waals surface area contributed by atoms with Crippen LogP contribution in [-0.2, 0) is 4.79 Å². The summed E-state index contributed by atoms with van der Waals surface area (Å²) in [7, 11) is 0. The molecule has 0 aromatic heterocycles. The summed E-state index contributed by atoms with van der Waals surface area (Å²) >= 11 is 0. The fraction of sp³-hybridized carbons (Fsp3) is 0.467. The van der Waals surface area contributed by atoms with Gasteiger partial charge in [-0.05, 0) is 63.0 Å². The number of anilines is 1. The van der Waals surface area contributed by atoms with Gasteiger partial charge in [-0.15, -0.1) is 0 Å². The number of ketones is 1. The van der Waals surface area contributed by atoms with E-state index >= 15 is 0 Å².